The summed E-state index contributed by atoms with van der Waals surface area (Å²) in [6.07, 6.45) is 1.04. The molecule has 0 bridgehead atoms. The van der Waals surface area contributed by atoms with Crippen LogP contribution in [0.4, 0.5) is 19.0 Å². The normalized spacial score (nSPS) is 12.4. The average molecular weight is 572 g/mol. The molecule has 3 heterocycles. The van der Waals surface area contributed by atoms with Crippen LogP contribution in [0.15, 0.2) is 76.2 Å². The standard InChI is InChI=1S/C31H24F3N5O3/c1-15(2)41-22-12-9-18(13-21(22)34)27-26-30(35)36-14-37-31(26)39(38-27)16(3)29-24(17-7-10-19(32)11-8-17)28(40)25-20(33)5-4-6-23(25)42-29/h4-16H,1-3H3,(H2,35,36,37)/t16-/m0/s1. The molecule has 212 valence electrons. The lowest BCUT2D eigenvalue weighted by Gasteiger charge is -2.17. The molecule has 3 aromatic heterocycles. The summed E-state index contributed by atoms with van der Waals surface area (Å²) in [7, 11) is 0. The summed E-state index contributed by atoms with van der Waals surface area (Å²) < 4.78 is 56.8. The van der Waals surface area contributed by atoms with Crippen molar-refractivity contribution in [2.75, 3.05) is 5.73 Å². The number of hydrogen-bond acceptors (Lipinski definition) is 7. The van der Waals surface area contributed by atoms with Crippen molar-refractivity contribution in [3.8, 4) is 28.1 Å². The van der Waals surface area contributed by atoms with Gasteiger partial charge in [-0.3, -0.25) is 4.79 Å². The molecule has 0 saturated carbocycles. The number of benzene rings is 3. The number of nitrogen functional groups attached to an aromatic ring is 1. The molecule has 11 heteroatoms. The van der Waals surface area contributed by atoms with Gasteiger partial charge in [0.25, 0.3) is 0 Å². The average Bonchev–Trinajstić information content (AvgIpc) is 3.35. The van der Waals surface area contributed by atoms with Gasteiger partial charge in [-0.05, 0) is 68.8 Å². The summed E-state index contributed by atoms with van der Waals surface area (Å²) in [4.78, 5) is 22.2. The van der Waals surface area contributed by atoms with E-state index in [9.17, 15) is 18.0 Å². The lowest BCUT2D eigenvalue weighted by Crippen LogP contribution is -2.17. The third-order valence-corrected chi connectivity index (χ3v) is 6.86. The first kappa shape index (κ1) is 27.0. The Labute approximate surface area is 237 Å². The van der Waals surface area contributed by atoms with Crippen molar-refractivity contribution in [2.24, 2.45) is 0 Å². The monoisotopic (exact) mass is 571 g/mol. The van der Waals surface area contributed by atoms with Crippen LogP contribution >= 0.6 is 0 Å². The van der Waals surface area contributed by atoms with Gasteiger partial charge in [-0.2, -0.15) is 5.10 Å². The van der Waals surface area contributed by atoms with E-state index in [0.29, 0.717) is 27.9 Å². The minimum absolute atomic E-state index is 0.0290. The van der Waals surface area contributed by atoms with Crippen LogP contribution in [0, 0.1) is 17.5 Å². The maximum absolute atomic E-state index is 15.0. The maximum atomic E-state index is 15.0. The molecule has 0 aliphatic carbocycles. The van der Waals surface area contributed by atoms with Gasteiger partial charge in [0.1, 0.15) is 52.2 Å². The molecule has 0 spiro atoms. The van der Waals surface area contributed by atoms with E-state index in [1.54, 1.807) is 26.8 Å². The predicted molar refractivity (Wildman–Crippen MR) is 153 cm³/mol. The molecule has 3 aromatic carbocycles. The Bertz CT molecular complexity index is 2040. The van der Waals surface area contributed by atoms with Gasteiger partial charge in [0.15, 0.2) is 17.2 Å². The smallest absolute Gasteiger partial charge is 0.203 e. The number of aromatic nitrogens is 4. The fourth-order valence-electron chi connectivity index (χ4n) is 4.98. The number of halogens is 3. The molecule has 1 atom stereocenters. The second-order valence-corrected chi connectivity index (χ2v) is 10.0. The van der Waals surface area contributed by atoms with Crippen LogP contribution in [-0.2, 0) is 0 Å². The molecule has 0 unspecified atom stereocenters. The molecule has 0 saturated heterocycles. The highest BCUT2D eigenvalue weighted by Gasteiger charge is 2.28. The van der Waals surface area contributed by atoms with E-state index in [0.717, 1.165) is 0 Å². The highest BCUT2D eigenvalue weighted by atomic mass is 19.1. The predicted octanol–water partition coefficient (Wildman–Crippen LogP) is 6.66. The number of anilines is 1. The summed E-state index contributed by atoms with van der Waals surface area (Å²) in [6, 6.07) is 12.9. The van der Waals surface area contributed by atoms with Crippen LogP contribution in [0.1, 0.15) is 32.6 Å². The highest BCUT2D eigenvalue weighted by Crippen LogP contribution is 2.37. The first-order valence-corrected chi connectivity index (χ1v) is 13.1. The molecule has 0 aliphatic heterocycles. The van der Waals surface area contributed by atoms with Crippen LogP contribution < -0.4 is 15.9 Å². The van der Waals surface area contributed by atoms with E-state index in [1.807, 2.05) is 0 Å². The van der Waals surface area contributed by atoms with Gasteiger partial charge in [0.2, 0.25) is 5.43 Å². The zero-order valence-corrected chi connectivity index (χ0v) is 22.7. The van der Waals surface area contributed by atoms with Crippen molar-refractivity contribution in [2.45, 2.75) is 32.9 Å². The second kappa shape index (κ2) is 10.3. The van der Waals surface area contributed by atoms with E-state index in [4.69, 9.17) is 20.0 Å². The molecule has 2 N–H and O–H groups in total. The number of nitrogens with zero attached hydrogens (tertiary/aromatic N) is 4. The van der Waals surface area contributed by atoms with Crippen molar-refractivity contribution in [3.63, 3.8) is 0 Å². The number of nitrogens with two attached hydrogens (primary N) is 1. The van der Waals surface area contributed by atoms with Crippen LogP contribution in [0.2, 0.25) is 0 Å². The fraction of sp³-hybridized carbons (Fsp3) is 0.161. The minimum Gasteiger partial charge on any atom is -0.488 e. The third kappa shape index (κ3) is 4.52. The Morgan fingerprint density at radius 1 is 0.905 bits per heavy atom. The van der Waals surface area contributed by atoms with E-state index in [1.165, 1.54) is 65.6 Å². The van der Waals surface area contributed by atoms with Gasteiger partial charge in [-0.25, -0.2) is 27.8 Å². The Morgan fingerprint density at radius 3 is 2.36 bits per heavy atom. The zero-order valence-electron chi connectivity index (χ0n) is 22.7. The zero-order chi connectivity index (χ0) is 29.7. The third-order valence-electron chi connectivity index (χ3n) is 6.86. The molecule has 0 amide bonds. The van der Waals surface area contributed by atoms with Gasteiger partial charge < -0.3 is 14.9 Å². The van der Waals surface area contributed by atoms with Crippen LogP contribution in [0.25, 0.3) is 44.4 Å². The maximum Gasteiger partial charge on any atom is 0.203 e. The number of ether oxygens (including phenoxy) is 1. The van der Waals surface area contributed by atoms with Crippen molar-refractivity contribution < 1.29 is 22.3 Å². The first-order chi connectivity index (χ1) is 20.1. The van der Waals surface area contributed by atoms with Gasteiger partial charge in [0.05, 0.1) is 17.1 Å². The number of hydrogen-bond donors (Lipinski definition) is 1. The molecule has 8 nitrogen and oxygen atoms in total. The van der Waals surface area contributed by atoms with E-state index >= 15 is 0 Å². The summed E-state index contributed by atoms with van der Waals surface area (Å²) in [5.41, 5.74) is 6.99. The van der Waals surface area contributed by atoms with Crippen LogP contribution in [0.3, 0.4) is 0 Å². The Balaban J connectivity index is 1.59. The quantitative estimate of drug-likeness (QED) is 0.238. The van der Waals surface area contributed by atoms with Crippen molar-refractivity contribution >= 4 is 27.8 Å². The molecule has 0 aliphatic rings. The van der Waals surface area contributed by atoms with E-state index < -0.39 is 28.9 Å². The molecule has 6 rings (SSSR count). The Kier molecular flexibility index (Phi) is 6.64. The number of fused-ring (bicyclic) bond motifs is 2. The van der Waals surface area contributed by atoms with E-state index in [2.05, 4.69) is 9.97 Å². The summed E-state index contributed by atoms with van der Waals surface area (Å²) >= 11 is 0. The van der Waals surface area contributed by atoms with Gasteiger partial charge in [-0.15, -0.1) is 0 Å². The highest BCUT2D eigenvalue weighted by molar-refractivity contribution is 5.98. The van der Waals surface area contributed by atoms with E-state index in [-0.39, 0.29) is 40.0 Å². The topological polar surface area (TPSA) is 109 Å². The molecular weight excluding hydrogens is 547 g/mol. The Morgan fingerprint density at radius 2 is 1.64 bits per heavy atom. The summed E-state index contributed by atoms with van der Waals surface area (Å²) in [5, 5.41) is 4.86. The molecule has 0 radical (unpaired) electrons. The Hall–Kier alpha value is -5.19. The molecular formula is C31H24F3N5O3. The first-order valence-electron chi connectivity index (χ1n) is 13.1. The lowest BCUT2D eigenvalue weighted by molar-refractivity contribution is 0.231. The fourth-order valence-corrected chi connectivity index (χ4v) is 4.98. The van der Waals surface area contributed by atoms with Gasteiger partial charge in [0, 0.05) is 5.56 Å². The van der Waals surface area contributed by atoms with Crippen molar-refractivity contribution in [1.82, 2.24) is 19.7 Å². The SMILES string of the molecule is CC(C)Oc1ccc(-c2nn([C@@H](C)c3oc4cccc(F)c4c(=O)c3-c3ccc(F)cc3)c3ncnc(N)c23)cc1F. The minimum atomic E-state index is -0.815. The molecule has 0 fully saturated rings. The lowest BCUT2D eigenvalue weighted by atomic mass is 9.99. The van der Waals surface area contributed by atoms with Gasteiger partial charge in [-0.1, -0.05) is 18.2 Å². The number of rotatable bonds is 6. The van der Waals surface area contributed by atoms with Crippen molar-refractivity contribution in [3.05, 3.63) is 100 Å². The van der Waals surface area contributed by atoms with Crippen molar-refractivity contribution in [1.29, 1.82) is 0 Å². The summed E-state index contributed by atoms with van der Waals surface area (Å²) in [6.45, 7) is 5.30. The largest absolute Gasteiger partial charge is 0.488 e. The van der Waals surface area contributed by atoms with Crippen LogP contribution in [0.5, 0.6) is 5.75 Å². The molecule has 6 aromatic rings. The van der Waals surface area contributed by atoms with Crippen LogP contribution in [-0.4, -0.2) is 25.9 Å². The summed E-state index contributed by atoms with van der Waals surface area (Å²) in [5.74, 6) is -1.51. The van der Waals surface area contributed by atoms with Gasteiger partial charge >= 0.3 is 0 Å². The molecule has 42 heavy (non-hydrogen) atoms. The second-order valence-electron chi connectivity index (χ2n) is 10.0.